The van der Waals surface area contributed by atoms with Gasteiger partial charge in [-0.15, -0.1) is 0 Å². The Balaban J connectivity index is 1.96. The van der Waals surface area contributed by atoms with Gasteiger partial charge in [0, 0.05) is 12.8 Å². The number of sulfone groups is 1. The van der Waals surface area contributed by atoms with Crippen molar-refractivity contribution < 1.29 is 30.0 Å². The van der Waals surface area contributed by atoms with Gasteiger partial charge in [-0.05, 0) is 56.3 Å². The summed E-state index contributed by atoms with van der Waals surface area (Å²) in [4.78, 5) is 4.15. The van der Waals surface area contributed by atoms with Crippen LogP contribution < -0.4 is 4.72 Å². The summed E-state index contributed by atoms with van der Waals surface area (Å²) < 4.78 is 91.7. The molecule has 0 spiro atoms. The van der Waals surface area contributed by atoms with Gasteiger partial charge in [0.05, 0.1) is 32.4 Å². The van der Waals surface area contributed by atoms with Gasteiger partial charge < -0.3 is 4.57 Å². The Labute approximate surface area is 177 Å². The molecule has 0 amide bonds. The molecule has 1 atom stereocenters. The molecule has 0 aliphatic carbocycles. The zero-order valence-electron chi connectivity index (χ0n) is 16.8. The first-order valence-electron chi connectivity index (χ1n) is 9.14. The van der Waals surface area contributed by atoms with Gasteiger partial charge in [-0.3, -0.25) is 0 Å². The molecule has 0 aliphatic heterocycles. The van der Waals surface area contributed by atoms with Crippen LogP contribution >= 0.6 is 0 Å². The van der Waals surface area contributed by atoms with Crippen molar-refractivity contribution in [2.45, 2.75) is 42.4 Å². The highest BCUT2D eigenvalue weighted by atomic mass is 32.2. The maximum atomic E-state index is 13.1. The third-order valence-electron chi connectivity index (χ3n) is 4.70. The van der Waals surface area contributed by atoms with Gasteiger partial charge in [0.2, 0.25) is 10.0 Å². The number of aryl methyl sites for hydroxylation is 1. The average molecular weight is 476 g/mol. The van der Waals surface area contributed by atoms with Gasteiger partial charge >= 0.3 is 6.18 Å². The van der Waals surface area contributed by atoms with E-state index >= 15 is 0 Å². The molecular formula is C19H20F3N3O4S2. The summed E-state index contributed by atoms with van der Waals surface area (Å²) in [6.45, 7) is 3.53. The van der Waals surface area contributed by atoms with Gasteiger partial charge in [0.25, 0.3) is 0 Å². The monoisotopic (exact) mass is 475 g/mol. The van der Waals surface area contributed by atoms with Gasteiger partial charge in [-0.1, -0.05) is 0 Å². The van der Waals surface area contributed by atoms with E-state index in [-0.39, 0.29) is 27.7 Å². The number of nitrogens with zero attached hydrogens (tertiary/aromatic N) is 2. The summed E-state index contributed by atoms with van der Waals surface area (Å²) in [5, 5.41) is 0. The Morgan fingerprint density at radius 1 is 1.03 bits per heavy atom. The lowest BCUT2D eigenvalue weighted by atomic mass is 10.2. The lowest BCUT2D eigenvalue weighted by Crippen LogP contribution is -2.29. The molecular weight excluding hydrogens is 455 g/mol. The van der Waals surface area contributed by atoms with E-state index in [1.807, 2.05) is 0 Å². The zero-order chi connectivity index (χ0) is 23.2. The number of hydrogen-bond acceptors (Lipinski definition) is 5. The number of rotatable bonds is 6. The van der Waals surface area contributed by atoms with Crippen molar-refractivity contribution >= 4 is 30.9 Å². The zero-order valence-corrected chi connectivity index (χ0v) is 18.4. The van der Waals surface area contributed by atoms with Crippen LogP contribution in [-0.4, -0.2) is 32.6 Å². The molecule has 7 nitrogen and oxygen atoms in total. The van der Waals surface area contributed by atoms with E-state index in [0.717, 1.165) is 18.4 Å². The number of aromatic nitrogens is 2. The van der Waals surface area contributed by atoms with Crippen LogP contribution in [0.1, 0.15) is 31.3 Å². The van der Waals surface area contributed by atoms with Crippen molar-refractivity contribution in [1.29, 1.82) is 0 Å². The number of imidazole rings is 1. The summed E-state index contributed by atoms with van der Waals surface area (Å²) in [5.74, 6) is 0.258. The molecule has 2 aromatic carbocycles. The maximum Gasteiger partial charge on any atom is 0.416 e. The summed E-state index contributed by atoms with van der Waals surface area (Å²) in [6.07, 6.45) is -3.50. The minimum absolute atomic E-state index is 0.0206. The molecule has 1 N–H and O–H groups in total. The fourth-order valence-electron chi connectivity index (χ4n) is 3.20. The fourth-order valence-corrected chi connectivity index (χ4v) is 5.03. The Bertz CT molecular complexity index is 1330. The Kier molecular flexibility index (Phi) is 5.93. The lowest BCUT2D eigenvalue weighted by molar-refractivity contribution is -0.137. The first-order valence-corrected chi connectivity index (χ1v) is 12.5. The van der Waals surface area contributed by atoms with E-state index in [1.54, 1.807) is 6.92 Å². The van der Waals surface area contributed by atoms with E-state index in [2.05, 4.69) is 9.71 Å². The van der Waals surface area contributed by atoms with E-state index in [4.69, 9.17) is 0 Å². The summed E-state index contributed by atoms with van der Waals surface area (Å²) >= 11 is 0. The molecule has 0 saturated carbocycles. The number of benzene rings is 2. The largest absolute Gasteiger partial charge is 0.416 e. The molecule has 0 fully saturated rings. The molecule has 3 aromatic rings. The quantitative estimate of drug-likeness (QED) is 0.588. The molecule has 0 aliphatic rings. The molecule has 0 saturated heterocycles. The second-order valence-corrected chi connectivity index (χ2v) is 10.7. The van der Waals surface area contributed by atoms with Gasteiger partial charge in [-0.2, -0.15) is 13.2 Å². The third-order valence-corrected chi connectivity index (χ3v) is 7.39. The van der Waals surface area contributed by atoms with E-state index in [1.165, 1.54) is 41.8 Å². The average Bonchev–Trinajstić information content (AvgIpc) is 3.04. The number of halogens is 3. The van der Waals surface area contributed by atoms with Crippen LogP contribution in [0.15, 0.2) is 52.3 Å². The molecule has 168 valence electrons. The topological polar surface area (TPSA) is 98.1 Å². The fraction of sp³-hybridized carbons (Fsp3) is 0.316. The van der Waals surface area contributed by atoms with E-state index in [0.29, 0.717) is 5.52 Å². The van der Waals surface area contributed by atoms with Crippen molar-refractivity contribution in [1.82, 2.24) is 14.3 Å². The predicted octanol–water partition coefficient (Wildman–Crippen LogP) is 3.52. The highest BCUT2D eigenvalue weighted by Crippen LogP contribution is 2.32. The Hall–Kier alpha value is -2.44. The second kappa shape index (κ2) is 7.92. The number of sulfonamides is 1. The minimum atomic E-state index is -4.51. The SMILES string of the molecule is CCn1c(C(C)NS(=O)(=O)c2ccc(S(C)(=O)=O)cc2)nc2ccc(C(F)(F)F)cc21. The number of alkyl halides is 3. The molecule has 3 rings (SSSR count). The summed E-state index contributed by atoms with van der Waals surface area (Å²) in [7, 11) is -7.52. The van der Waals surface area contributed by atoms with Crippen molar-refractivity contribution in [2.24, 2.45) is 0 Å². The number of hydrogen-bond donors (Lipinski definition) is 1. The smallest absolute Gasteiger partial charge is 0.327 e. The Morgan fingerprint density at radius 2 is 1.61 bits per heavy atom. The summed E-state index contributed by atoms with van der Waals surface area (Å²) in [6, 6.07) is 7.02. The third kappa shape index (κ3) is 4.75. The van der Waals surface area contributed by atoms with Gasteiger partial charge in [0.15, 0.2) is 9.84 Å². The molecule has 1 heterocycles. The second-order valence-electron chi connectivity index (χ2n) is 7.00. The van der Waals surface area contributed by atoms with Crippen molar-refractivity contribution in [2.75, 3.05) is 6.26 Å². The standard InChI is InChI=1S/C19H20F3N3O4S2/c1-4-25-17-11-13(19(20,21)22)5-10-16(17)23-18(25)12(2)24-31(28,29)15-8-6-14(7-9-15)30(3,26)27/h5-12,24H,4H2,1-3H3. The highest BCUT2D eigenvalue weighted by Gasteiger charge is 2.31. The number of nitrogens with one attached hydrogen (secondary N) is 1. The van der Waals surface area contributed by atoms with Crippen LogP contribution in [0.2, 0.25) is 0 Å². The van der Waals surface area contributed by atoms with Gasteiger partial charge in [-0.25, -0.2) is 26.5 Å². The first kappa shape index (κ1) is 23.2. The molecule has 1 aromatic heterocycles. The van der Waals surface area contributed by atoms with E-state index < -0.39 is 37.6 Å². The predicted molar refractivity (Wildman–Crippen MR) is 109 cm³/mol. The minimum Gasteiger partial charge on any atom is -0.327 e. The van der Waals surface area contributed by atoms with Crippen LogP contribution in [0.25, 0.3) is 11.0 Å². The van der Waals surface area contributed by atoms with Crippen LogP contribution in [0.4, 0.5) is 13.2 Å². The lowest BCUT2D eigenvalue weighted by Gasteiger charge is -2.16. The first-order chi connectivity index (χ1) is 14.2. The van der Waals surface area contributed by atoms with Crippen molar-refractivity contribution in [3.05, 3.63) is 53.9 Å². The van der Waals surface area contributed by atoms with Crippen LogP contribution in [0.5, 0.6) is 0 Å². The molecule has 12 heteroatoms. The van der Waals surface area contributed by atoms with Crippen molar-refractivity contribution in [3.8, 4) is 0 Å². The molecule has 0 bridgehead atoms. The van der Waals surface area contributed by atoms with E-state index in [9.17, 15) is 30.0 Å². The molecule has 1 unspecified atom stereocenters. The summed E-state index contributed by atoms with van der Waals surface area (Å²) in [5.41, 5.74) is -0.260. The van der Waals surface area contributed by atoms with Crippen LogP contribution in [-0.2, 0) is 32.6 Å². The highest BCUT2D eigenvalue weighted by molar-refractivity contribution is 7.90. The van der Waals surface area contributed by atoms with Crippen molar-refractivity contribution in [3.63, 3.8) is 0 Å². The molecule has 31 heavy (non-hydrogen) atoms. The maximum absolute atomic E-state index is 13.1. The molecule has 0 radical (unpaired) electrons. The normalized spacial score (nSPS) is 14.1. The van der Waals surface area contributed by atoms with Gasteiger partial charge in [0.1, 0.15) is 5.82 Å². The van der Waals surface area contributed by atoms with Crippen LogP contribution in [0.3, 0.4) is 0 Å². The van der Waals surface area contributed by atoms with Crippen LogP contribution in [0, 0.1) is 0 Å². The Morgan fingerprint density at radius 3 is 2.13 bits per heavy atom. The number of fused-ring (bicyclic) bond motifs is 1.